The van der Waals surface area contributed by atoms with Crippen LogP contribution in [0.15, 0.2) is 53.4 Å². The third-order valence-electron chi connectivity index (χ3n) is 4.79. The molecule has 0 bridgehead atoms. The van der Waals surface area contributed by atoms with E-state index in [2.05, 4.69) is 10.0 Å². The van der Waals surface area contributed by atoms with Crippen LogP contribution in [0.1, 0.15) is 34.3 Å². The van der Waals surface area contributed by atoms with Gasteiger partial charge < -0.3 is 10.1 Å². The molecule has 29 heavy (non-hydrogen) atoms. The fraction of sp³-hybridized carbons (Fsp3) is 0.381. The number of carbonyl (C=O) groups is 1. The predicted octanol–water partition coefficient (Wildman–Crippen LogP) is 2.94. The molecule has 0 aliphatic carbocycles. The van der Waals surface area contributed by atoms with Gasteiger partial charge in [0.25, 0.3) is 5.91 Å². The summed E-state index contributed by atoms with van der Waals surface area (Å²) in [7, 11) is -1.99. The summed E-state index contributed by atoms with van der Waals surface area (Å²) in [6, 6.07) is 14.8. The maximum absolute atomic E-state index is 12.8. The van der Waals surface area contributed by atoms with Crippen molar-refractivity contribution in [3.05, 3.63) is 65.2 Å². The van der Waals surface area contributed by atoms with Crippen molar-refractivity contribution in [1.29, 1.82) is 0 Å². The maximum Gasteiger partial charge on any atom is 0.252 e. The summed E-state index contributed by atoms with van der Waals surface area (Å²) in [4.78, 5) is 13.7. The van der Waals surface area contributed by atoms with Crippen molar-refractivity contribution in [1.82, 2.24) is 10.0 Å². The molecule has 2 aromatic rings. The highest BCUT2D eigenvalue weighted by atomic mass is 32.2. The van der Waals surface area contributed by atoms with Crippen molar-refractivity contribution in [2.45, 2.75) is 36.1 Å². The van der Waals surface area contributed by atoms with Gasteiger partial charge in [0.05, 0.1) is 17.4 Å². The minimum absolute atomic E-state index is 0.122. The molecule has 0 spiro atoms. The summed E-state index contributed by atoms with van der Waals surface area (Å²) >= 11 is 1.63. The molecule has 6 nitrogen and oxygen atoms in total. The Morgan fingerprint density at radius 2 is 1.86 bits per heavy atom. The van der Waals surface area contributed by atoms with Gasteiger partial charge in [-0.15, -0.1) is 11.8 Å². The Hall–Kier alpha value is -1.87. The molecule has 3 rings (SSSR count). The van der Waals surface area contributed by atoms with Gasteiger partial charge in [-0.3, -0.25) is 4.79 Å². The molecule has 0 unspecified atom stereocenters. The molecule has 1 atom stereocenters. The van der Waals surface area contributed by atoms with Crippen molar-refractivity contribution in [3.63, 3.8) is 0 Å². The van der Waals surface area contributed by atoms with Gasteiger partial charge in [0, 0.05) is 23.8 Å². The van der Waals surface area contributed by atoms with E-state index in [1.165, 1.54) is 7.05 Å². The molecule has 1 aliphatic heterocycles. The summed E-state index contributed by atoms with van der Waals surface area (Å²) < 4.78 is 31.8. The first-order valence-corrected chi connectivity index (χ1v) is 12.2. The van der Waals surface area contributed by atoms with Crippen LogP contribution in [0.2, 0.25) is 0 Å². The molecule has 1 heterocycles. The lowest BCUT2D eigenvalue weighted by atomic mass is 10.1. The van der Waals surface area contributed by atoms with E-state index in [0.29, 0.717) is 11.1 Å². The molecule has 0 saturated carbocycles. The van der Waals surface area contributed by atoms with Crippen molar-refractivity contribution < 1.29 is 17.9 Å². The minimum Gasteiger partial charge on any atom is -0.377 e. The fourth-order valence-corrected chi connectivity index (χ4v) is 5.11. The fourth-order valence-electron chi connectivity index (χ4n) is 3.16. The highest BCUT2D eigenvalue weighted by Crippen LogP contribution is 2.27. The van der Waals surface area contributed by atoms with Crippen LogP contribution in [0, 0.1) is 0 Å². The van der Waals surface area contributed by atoms with Gasteiger partial charge in [0.15, 0.2) is 0 Å². The SMILES string of the molecule is CNS(=O)(=O)Cc1ccccc1CNC(=O)c1ccccc1SC[C@@H]1CCCO1. The quantitative estimate of drug-likeness (QED) is 0.593. The Kier molecular flexibility index (Phi) is 7.71. The molecule has 1 fully saturated rings. The van der Waals surface area contributed by atoms with Crippen LogP contribution >= 0.6 is 11.8 Å². The largest absolute Gasteiger partial charge is 0.377 e. The van der Waals surface area contributed by atoms with Gasteiger partial charge in [-0.1, -0.05) is 36.4 Å². The Morgan fingerprint density at radius 1 is 1.14 bits per heavy atom. The summed E-state index contributed by atoms with van der Waals surface area (Å²) in [5.41, 5.74) is 2.07. The molecule has 8 heteroatoms. The van der Waals surface area contributed by atoms with Crippen molar-refractivity contribution in [2.75, 3.05) is 19.4 Å². The van der Waals surface area contributed by atoms with E-state index in [1.54, 1.807) is 23.9 Å². The third kappa shape index (κ3) is 6.30. The van der Waals surface area contributed by atoms with Crippen LogP contribution in [0.3, 0.4) is 0 Å². The summed E-state index contributed by atoms with van der Waals surface area (Å²) in [5, 5.41) is 2.93. The van der Waals surface area contributed by atoms with E-state index in [9.17, 15) is 13.2 Å². The minimum atomic E-state index is -3.39. The zero-order valence-electron chi connectivity index (χ0n) is 16.4. The van der Waals surface area contributed by atoms with Gasteiger partial charge >= 0.3 is 0 Å². The molecule has 1 aliphatic rings. The number of amides is 1. The number of nitrogens with one attached hydrogen (secondary N) is 2. The highest BCUT2D eigenvalue weighted by molar-refractivity contribution is 7.99. The Morgan fingerprint density at radius 3 is 2.59 bits per heavy atom. The number of hydrogen-bond donors (Lipinski definition) is 2. The van der Waals surface area contributed by atoms with Gasteiger partial charge in [-0.05, 0) is 43.1 Å². The van der Waals surface area contributed by atoms with Crippen LogP contribution in [0.4, 0.5) is 0 Å². The van der Waals surface area contributed by atoms with Gasteiger partial charge in [-0.2, -0.15) is 0 Å². The van der Waals surface area contributed by atoms with E-state index in [0.717, 1.165) is 35.7 Å². The molecule has 1 saturated heterocycles. The van der Waals surface area contributed by atoms with Crippen LogP contribution in [0.25, 0.3) is 0 Å². The number of benzene rings is 2. The van der Waals surface area contributed by atoms with Crippen molar-refractivity contribution in [3.8, 4) is 0 Å². The molecule has 2 N–H and O–H groups in total. The van der Waals surface area contributed by atoms with E-state index in [-0.39, 0.29) is 24.3 Å². The van der Waals surface area contributed by atoms with Gasteiger partial charge in [0.2, 0.25) is 10.0 Å². The van der Waals surface area contributed by atoms with Gasteiger partial charge in [0.1, 0.15) is 0 Å². The molecule has 156 valence electrons. The standard InChI is InChI=1S/C21H26N2O4S2/c1-22-29(25,26)15-17-8-3-2-7-16(17)13-23-21(24)19-10-4-5-11-20(19)28-14-18-9-6-12-27-18/h2-5,7-8,10-11,18,22H,6,9,12-15H2,1H3,(H,23,24)/t18-/m0/s1. The maximum atomic E-state index is 12.8. The molecule has 2 aromatic carbocycles. The van der Waals surface area contributed by atoms with Crippen LogP contribution in [-0.2, 0) is 27.1 Å². The van der Waals surface area contributed by atoms with Crippen LogP contribution in [0.5, 0.6) is 0 Å². The lowest BCUT2D eigenvalue weighted by Gasteiger charge is -2.14. The topological polar surface area (TPSA) is 84.5 Å². The second-order valence-electron chi connectivity index (χ2n) is 6.86. The zero-order valence-corrected chi connectivity index (χ0v) is 18.0. The molecule has 0 aromatic heterocycles. The second-order valence-corrected chi connectivity index (χ2v) is 9.85. The number of ether oxygens (including phenoxy) is 1. The van der Waals surface area contributed by atoms with E-state index in [4.69, 9.17) is 4.74 Å². The second kappa shape index (κ2) is 10.2. The first-order valence-electron chi connectivity index (χ1n) is 9.58. The number of hydrogen-bond acceptors (Lipinski definition) is 5. The third-order valence-corrected chi connectivity index (χ3v) is 7.31. The summed E-state index contributed by atoms with van der Waals surface area (Å²) in [6.45, 7) is 1.08. The summed E-state index contributed by atoms with van der Waals surface area (Å²) in [6.07, 6.45) is 2.40. The number of sulfonamides is 1. The average molecular weight is 435 g/mol. The van der Waals surface area contributed by atoms with E-state index in [1.807, 2.05) is 36.4 Å². The monoisotopic (exact) mass is 434 g/mol. The van der Waals surface area contributed by atoms with Gasteiger partial charge in [-0.25, -0.2) is 13.1 Å². The number of carbonyl (C=O) groups excluding carboxylic acids is 1. The van der Waals surface area contributed by atoms with Crippen molar-refractivity contribution in [2.24, 2.45) is 0 Å². The van der Waals surface area contributed by atoms with E-state index < -0.39 is 10.0 Å². The normalized spacial score (nSPS) is 16.7. The number of thioether (sulfide) groups is 1. The molecular weight excluding hydrogens is 408 g/mol. The number of rotatable bonds is 9. The molecular formula is C21H26N2O4S2. The lowest BCUT2D eigenvalue weighted by Crippen LogP contribution is -2.25. The summed E-state index contributed by atoms with van der Waals surface area (Å²) in [5.74, 6) is 0.532. The van der Waals surface area contributed by atoms with Crippen LogP contribution in [-0.4, -0.2) is 39.8 Å². The first-order chi connectivity index (χ1) is 14.0. The Bertz CT molecular complexity index is 941. The predicted molar refractivity (Wildman–Crippen MR) is 115 cm³/mol. The Labute approximate surface area is 176 Å². The lowest BCUT2D eigenvalue weighted by molar-refractivity contribution is 0.0947. The van der Waals surface area contributed by atoms with E-state index >= 15 is 0 Å². The zero-order chi connectivity index (χ0) is 20.7. The molecule has 1 amide bonds. The van der Waals surface area contributed by atoms with Crippen molar-refractivity contribution >= 4 is 27.7 Å². The highest BCUT2D eigenvalue weighted by Gasteiger charge is 2.18. The first kappa shape index (κ1) is 21.8. The molecule has 0 radical (unpaired) electrons. The van der Waals surface area contributed by atoms with Crippen LogP contribution < -0.4 is 10.0 Å². The smallest absolute Gasteiger partial charge is 0.252 e. The Balaban J connectivity index is 1.66. The average Bonchev–Trinajstić information content (AvgIpc) is 3.25.